The minimum Gasteiger partial charge on any atom is -0.497 e. The fourth-order valence-electron chi connectivity index (χ4n) is 1.62. The molecule has 7 heteroatoms. The van der Waals surface area contributed by atoms with Gasteiger partial charge in [0, 0.05) is 22.7 Å². The summed E-state index contributed by atoms with van der Waals surface area (Å²) in [5.41, 5.74) is 0.414. The molecule has 0 aliphatic heterocycles. The average molecular weight is 318 g/mol. The number of methoxy groups -OCH3 is 1. The summed E-state index contributed by atoms with van der Waals surface area (Å²) in [6, 6.07) is 6.81. The van der Waals surface area contributed by atoms with Crippen molar-refractivity contribution >= 4 is 19.7 Å². The van der Waals surface area contributed by atoms with Crippen LogP contribution < -0.4 is 9.47 Å². The van der Waals surface area contributed by atoms with Gasteiger partial charge in [-0.3, -0.25) is 0 Å². The van der Waals surface area contributed by atoms with Crippen molar-refractivity contribution in [2.24, 2.45) is 5.92 Å². The second-order valence-corrected chi connectivity index (χ2v) is 7.12. The maximum absolute atomic E-state index is 11.1. The fraction of sp³-hybridized carbons (Fsp3) is 0.462. The first-order valence-electron chi connectivity index (χ1n) is 6.02. The van der Waals surface area contributed by atoms with Gasteiger partial charge in [-0.1, -0.05) is 6.92 Å². The SMILES string of the molecule is CCC(COc1cc(C#N)cc(OC)c1)CS(=O)(=O)Cl. The topological polar surface area (TPSA) is 76.4 Å². The van der Waals surface area contributed by atoms with Gasteiger partial charge < -0.3 is 9.47 Å². The molecule has 0 aliphatic carbocycles. The molecule has 1 aromatic carbocycles. The average Bonchev–Trinajstić information content (AvgIpc) is 2.41. The van der Waals surface area contributed by atoms with Gasteiger partial charge in [0.05, 0.1) is 31.1 Å². The van der Waals surface area contributed by atoms with E-state index in [0.29, 0.717) is 23.5 Å². The van der Waals surface area contributed by atoms with Crippen molar-refractivity contribution in [2.75, 3.05) is 19.5 Å². The van der Waals surface area contributed by atoms with Crippen LogP contribution in [0.1, 0.15) is 18.9 Å². The standard InChI is InChI=1S/C13H16ClNO4S/c1-3-10(9-20(14,16)17)8-19-13-5-11(7-15)4-12(6-13)18-2/h4-6,10H,3,8-9H2,1-2H3. The molecular formula is C13H16ClNO4S. The Bertz CT molecular complexity index is 595. The lowest BCUT2D eigenvalue weighted by molar-refractivity contribution is 0.256. The second kappa shape index (κ2) is 7.36. The summed E-state index contributed by atoms with van der Waals surface area (Å²) in [6.45, 7) is 2.07. The molecule has 1 rings (SSSR count). The third kappa shape index (κ3) is 5.68. The molecule has 1 aromatic rings. The number of benzene rings is 1. The molecule has 0 radical (unpaired) electrons. The van der Waals surface area contributed by atoms with Crippen molar-refractivity contribution in [3.05, 3.63) is 23.8 Å². The molecule has 20 heavy (non-hydrogen) atoms. The van der Waals surface area contributed by atoms with Gasteiger partial charge in [-0.15, -0.1) is 0 Å². The Morgan fingerprint density at radius 2 is 2.00 bits per heavy atom. The maximum atomic E-state index is 11.1. The Morgan fingerprint density at radius 3 is 2.50 bits per heavy atom. The molecule has 0 N–H and O–H groups in total. The molecule has 0 saturated heterocycles. The number of nitriles is 1. The molecule has 0 bridgehead atoms. The first-order valence-corrected chi connectivity index (χ1v) is 8.50. The summed E-state index contributed by atoms with van der Waals surface area (Å²) < 4.78 is 32.7. The van der Waals surface area contributed by atoms with Crippen LogP contribution >= 0.6 is 10.7 Å². The Labute approximate surface area is 123 Å². The number of nitrogens with zero attached hydrogens (tertiary/aromatic N) is 1. The van der Waals surface area contributed by atoms with E-state index in [1.54, 1.807) is 18.2 Å². The van der Waals surface area contributed by atoms with Crippen molar-refractivity contribution in [3.63, 3.8) is 0 Å². The predicted molar refractivity (Wildman–Crippen MR) is 76.6 cm³/mol. The summed E-state index contributed by atoms with van der Waals surface area (Å²) in [7, 11) is 3.18. The van der Waals surface area contributed by atoms with Gasteiger partial charge in [0.2, 0.25) is 9.05 Å². The molecule has 1 unspecified atom stereocenters. The van der Waals surface area contributed by atoms with Crippen LogP contribution in [0.5, 0.6) is 11.5 Å². The van der Waals surface area contributed by atoms with Crippen LogP contribution in [0.3, 0.4) is 0 Å². The van der Waals surface area contributed by atoms with Crippen molar-refractivity contribution in [1.82, 2.24) is 0 Å². The normalized spacial score (nSPS) is 12.5. The third-order valence-corrected chi connectivity index (χ3v) is 3.99. The summed E-state index contributed by atoms with van der Waals surface area (Å²) in [5.74, 6) is 0.637. The van der Waals surface area contributed by atoms with E-state index in [4.69, 9.17) is 25.4 Å². The van der Waals surface area contributed by atoms with E-state index >= 15 is 0 Å². The number of hydrogen-bond donors (Lipinski definition) is 0. The van der Waals surface area contributed by atoms with Gasteiger partial charge in [0.15, 0.2) is 0 Å². The number of ether oxygens (including phenoxy) is 2. The molecule has 0 aromatic heterocycles. The lowest BCUT2D eigenvalue weighted by atomic mass is 10.1. The Hall–Kier alpha value is -1.45. The molecule has 0 spiro atoms. The van der Waals surface area contributed by atoms with E-state index in [-0.39, 0.29) is 18.3 Å². The highest BCUT2D eigenvalue weighted by atomic mass is 35.7. The second-order valence-electron chi connectivity index (χ2n) is 4.30. The van der Waals surface area contributed by atoms with Crippen LogP contribution in [0, 0.1) is 17.2 Å². The molecule has 0 amide bonds. The summed E-state index contributed by atoms with van der Waals surface area (Å²) >= 11 is 0. The van der Waals surface area contributed by atoms with Crippen molar-refractivity contribution in [3.8, 4) is 17.6 Å². The largest absolute Gasteiger partial charge is 0.497 e. The Morgan fingerprint density at radius 1 is 1.35 bits per heavy atom. The number of rotatable bonds is 7. The highest BCUT2D eigenvalue weighted by Crippen LogP contribution is 2.23. The van der Waals surface area contributed by atoms with Gasteiger partial charge in [0.1, 0.15) is 11.5 Å². The van der Waals surface area contributed by atoms with Gasteiger partial charge >= 0.3 is 0 Å². The van der Waals surface area contributed by atoms with E-state index < -0.39 is 9.05 Å². The molecule has 0 aliphatic rings. The maximum Gasteiger partial charge on any atom is 0.232 e. The quantitative estimate of drug-likeness (QED) is 0.722. The molecule has 110 valence electrons. The van der Waals surface area contributed by atoms with E-state index in [0.717, 1.165) is 0 Å². The molecule has 0 saturated carbocycles. The molecule has 0 fully saturated rings. The fourth-order valence-corrected chi connectivity index (χ4v) is 3.05. The zero-order valence-corrected chi connectivity index (χ0v) is 12.9. The lowest BCUT2D eigenvalue weighted by Crippen LogP contribution is -2.19. The summed E-state index contributed by atoms with van der Waals surface area (Å²) in [5, 5.41) is 8.90. The molecule has 1 atom stereocenters. The minimum atomic E-state index is -3.55. The highest BCUT2D eigenvalue weighted by molar-refractivity contribution is 8.13. The van der Waals surface area contributed by atoms with Crippen molar-refractivity contribution in [2.45, 2.75) is 13.3 Å². The summed E-state index contributed by atoms with van der Waals surface area (Å²) in [6.07, 6.45) is 0.626. The van der Waals surface area contributed by atoms with E-state index in [2.05, 4.69) is 0 Å². The lowest BCUT2D eigenvalue weighted by Gasteiger charge is -2.15. The van der Waals surface area contributed by atoms with Gasteiger partial charge in [0.25, 0.3) is 0 Å². The van der Waals surface area contributed by atoms with E-state index in [9.17, 15) is 8.42 Å². The van der Waals surface area contributed by atoms with Gasteiger partial charge in [-0.25, -0.2) is 8.42 Å². The molecule has 0 heterocycles. The number of hydrogen-bond acceptors (Lipinski definition) is 5. The zero-order chi connectivity index (χ0) is 15.2. The van der Waals surface area contributed by atoms with Crippen LogP contribution in [-0.4, -0.2) is 27.9 Å². The first-order chi connectivity index (χ1) is 9.37. The van der Waals surface area contributed by atoms with Crippen molar-refractivity contribution < 1.29 is 17.9 Å². The summed E-state index contributed by atoms with van der Waals surface area (Å²) in [4.78, 5) is 0. The van der Waals surface area contributed by atoms with Gasteiger partial charge in [-0.2, -0.15) is 5.26 Å². The number of halogens is 1. The van der Waals surface area contributed by atoms with E-state index in [1.165, 1.54) is 7.11 Å². The van der Waals surface area contributed by atoms with E-state index in [1.807, 2.05) is 13.0 Å². The van der Waals surface area contributed by atoms with Crippen molar-refractivity contribution in [1.29, 1.82) is 5.26 Å². The van der Waals surface area contributed by atoms with Crippen LogP contribution in [0.15, 0.2) is 18.2 Å². The first kappa shape index (κ1) is 16.6. The predicted octanol–water partition coefficient (Wildman–Crippen LogP) is 2.54. The van der Waals surface area contributed by atoms with Crippen LogP contribution in [0.25, 0.3) is 0 Å². The highest BCUT2D eigenvalue weighted by Gasteiger charge is 2.16. The Kier molecular flexibility index (Phi) is 6.11. The van der Waals surface area contributed by atoms with Crippen LogP contribution in [0.2, 0.25) is 0 Å². The monoisotopic (exact) mass is 317 g/mol. The molecule has 5 nitrogen and oxygen atoms in total. The smallest absolute Gasteiger partial charge is 0.232 e. The third-order valence-electron chi connectivity index (χ3n) is 2.74. The Balaban J connectivity index is 2.76. The zero-order valence-electron chi connectivity index (χ0n) is 11.3. The van der Waals surface area contributed by atoms with Gasteiger partial charge in [-0.05, 0) is 18.6 Å². The van der Waals surface area contributed by atoms with Crippen LogP contribution in [0.4, 0.5) is 0 Å². The molecular weight excluding hydrogens is 302 g/mol. The van der Waals surface area contributed by atoms with Crippen LogP contribution in [-0.2, 0) is 9.05 Å². The minimum absolute atomic E-state index is 0.139.